The van der Waals surface area contributed by atoms with Gasteiger partial charge in [0.1, 0.15) is 5.82 Å². The summed E-state index contributed by atoms with van der Waals surface area (Å²) < 4.78 is 2.13. The highest BCUT2D eigenvalue weighted by atomic mass is 15.0. The van der Waals surface area contributed by atoms with Crippen LogP contribution in [0.15, 0.2) is 97.6 Å². The first-order valence-corrected chi connectivity index (χ1v) is 11.2. The molecule has 0 aliphatic carbocycles. The van der Waals surface area contributed by atoms with E-state index in [9.17, 15) is 0 Å². The minimum Gasteiger partial charge on any atom is -0.364 e. The van der Waals surface area contributed by atoms with E-state index < -0.39 is 0 Å². The van der Waals surface area contributed by atoms with Crippen LogP contribution >= 0.6 is 0 Å². The van der Waals surface area contributed by atoms with Crippen LogP contribution in [0.5, 0.6) is 0 Å². The van der Waals surface area contributed by atoms with Crippen molar-refractivity contribution in [3.8, 4) is 22.5 Å². The van der Waals surface area contributed by atoms with E-state index in [4.69, 9.17) is 9.97 Å². The summed E-state index contributed by atoms with van der Waals surface area (Å²) in [4.78, 5) is 18.4. The lowest BCUT2D eigenvalue weighted by Gasteiger charge is -2.12. The van der Waals surface area contributed by atoms with E-state index in [1.54, 1.807) is 18.6 Å². The number of fused-ring (bicyclic) bond motifs is 2. The molecule has 0 aliphatic rings. The lowest BCUT2D eigenvalue weighted by atomic mass is 10.0. The lowest BCUT2D eigenvalue weighted by molar-refractivity contribution is 0.969. The van der Waals surface area contributed by atoms with E-state index >= 15 is 0 Å². The summed E-state index contributed by atoms with van der Waals surface area (Å²) in [7, 11) is 2.06. The molecule has 0 saturated carbocycles. The Morgan fingerprint density at radius 2 is 1.74 bits per heavy atom. The van der Waals surface area contributed by atoms with Crippen molar-refractivity contribution in [1.82, 2.24) is 24.5 Å². The first kappa shape index (κ1) is 20.1. The molecule has 0 spiro atoms. The predicted molar refractivity (Wildman–Crippen MR) is 136 cm³/mol. The summed E-state index contributed by atoms with van der Waals surface area (Å²) in [6.07, 6.45) is 7.42. The Bertz CT molecular complexity index is 1610. The molecule has 0 atom stereocenters. The van der Waals surface area contributed by atoms with Crippen molar-refractivity contribution in [2.45, 2.75) is 6.54 Å². The Kier molecular flexibility index (Phi) is 4.96. The molecule has 0 unspecified atom stereocenters. The summed E-state index contributed by atoms with van der Waals surface area (Å²) in [5.74, 6) is 1.42. The van der Waals surface area contributed by atoms with Crippen LogP contribution in [0.4, 0.5) is 5.82 Å². The quantitative estimate of drug-likeness (QED) is 0.362. The summed E-state index contributed by atoms with van der Waals surface area (Å²) in [5.41, 5.74) is 6.20. The molecule has 6 rings (SSSR count). The number of anilines is 1. The maximum Gasteiger partial charge on any atom is 0.163 e. The largest absolute Gasteiger partial charge is 0.364 e. The van der Waals surface area contributed by atoms with E-state index in [1.165, 1.54) is 10.9 Å². The van der Waals surface area contributed by atoms with E-state index in [0.717, 1.165) is 39.1 Å². The van der Waals surface area contributed by atoms with Gasteiger partial charge in [-0.25, -0.2) is 9.97 Å². The van der Waals surface area contributed by atoms with Crippen molar-refractivity contribution in [2.24, 2.45) is 7.05 Å². The number of rotatable bonds is 5. The third kappa shape index (κ3) is 3.75. The van der Waals surface area contributed by atoms with E-state index in [0.29, 0.717) is 12.4 Å². The number of hydrogen-bond acceptors (Lipinski definition) is 5. The number of nitrogens with zero attached hydrogens (tertiary/aromatic N) is 5. The first-order chi connectivity index (χ1) is 16.7. The molecule has 4 heterocycles. The average molecular weight is 443 g/mol. The van der Waals surface area contributed by atoms with E-state index in [1.807, 2.05) is 30.3 Å². The van der Waals surface area contributed by atoms with Crippen LogP contribution in [0.1, 0.15) is 5.69 Å². The zero-order valence-electron chi connectivity index (χ0n) is 18.7. The Hall–Kier alpha value is -4.58. The van der Waals surface area contributed by atoms with Gasteiger partial charge in [0.15, 0.2) is 5.82 Å². The van der Waals surface area contributed by atoms with Crippen molar-refractivity contribution in [3.05, 3.63) is 103 Å². The van der Waals surface area contributed by atoms with E-state index in [-0.39, 0.29) is 0 Å². The van der Waals surface area contributed by atoms with Gasteiger partial charge in [0, 0.05) is 53.7 Å². The summed E-state index contributed by atoms with van der Waals surface area (Å²) in [5, 5.41) is 5.67. The molecule has 0 saturated heterocycles. The lowest BCUT2D eigenvalue weighted by Crippen LogP contribution is -2.05. The molecule has 164 valence electrons. The van der Waals surface area contributed by atoms with E-state index in [2.05, 4.69) is 75.6 Å². The smallest absolute Gasteiger partial charge is 0.163 e. The standard InChI is InChI=1S/C28H22N6/c1-34-14-11-21-15-19(8-10-26(21)34)20-7-9-25-24(16-20)28(31-18-23-6-2-3-13-30-23)33-27(32-25)22-5-4-12-29-17-22/h2-17H,18H2,1H3,(H,31,32,33). The fraction of sp³-hybridized carbons (Fsp3) is 0.0714. The second-order valence-corrected chi connectivity index (χ2v) is 8.24. The highest BCUT2D eigenvalue weighted by Crippen LogP contribution is 2.31. The van der Waals surface area contributed by atoms with Crippen molar-refractivity contribution < 1.29 is 0 Å². The Morgan fingerprint density at radius 3 is 2.59 bits per heavy atom. The van der Waals surface area contributed by atoms with Crippen LogP contribution < -0.4 is 5.32 Å². The fourth-order valence-corrected chi connectivity index (χ4v) is 4.21. The monoisotopic (exact) mass is 442 g/mol. The Morgan fingerprint density at radius 1 is 0.824 bits per heavy atom. The zero-order valence-corrected chi connectivity index (χ0v) is 18.7. The molecule has 0 bridgehead atoms. The van der Waals surface area contributed by atoms with Crippen LogP contribution in [-0.2, 0) is 13.6 Å². The second-order valence-electron chi connectivity index (χ2n) is 8.24. The molecule has 0 amide bonds. The number of aromatic nitrogens is 5. The number of pyridine rings is 2. The van der Waals surface area contributed by atoms with Gasteiger partial charge in [-0.1, -0.05) is 18.2 Å². The normalized spacial score (nSPS) is 11.2. The van der Waals surface area contributed by atoms with Crippen molar-refractivity contribution >= 4 is 27.6 Å². The molecule has 6 aromatic rings. The molecule has 6 nitrogen and oxygen atoms in total. The molecular weight excluding hydrogens is 420 g/mol. The molecular formula is C28H22N6. The van der Waals surface area contributed by atoms with Crippen LogP contribution in [0.2, 0.25) is 0 Å². The van der Waals surface area contributed by atoms with Gasteiger partial charge >= 0.3 is 0 Å². The minimum atomic E-state index is 0.569. The topological polar surface area (TPSA) is 68.5 Å². The van der Waals surface area contributed by atoms with Crippen LogP contribution in [0.25, 0.3) is 44.3 Å². The highest BCUT2D eigenvalue weighted by molar-refractivity contribution is 5.95. The third-order valence-corrected chi connectivity index (χ3v) is 6.00. The summed E-state index contributed by atoms with van der Waals surface area (Å²) in [6, 6.07) is 24.8. The zero-order chi connectivity index (χ0) is 22.9. The summed E-state index contributed by atoms with van der Waals surface area (Å²) >= 11 is 0. The molecule has 6 heteroatoms. The molecule has 34 heavy (non-hydrogen) atoms. The van der Waals surface area contributed by atoms with Crippen molar-refractivity contribution in [2.75, 3.05) is 5.32 Å². The molecule has 0 fully saturated rings. The van der Waals surface area contributed by atoms with Gasteiger partial charge in [0.05, 0.1) is 17.8 Å². The number of aryl methyl sites for hydroxylation is 1. The van der Waals surface area contributed by atoms with Crippen LogP contribution in [-0.4, -0.2) is 24.5 Å². The van der Waals surface area contributed by atoms with Gasteiger partial charge in [-0.3, -0.25) is 9.97 Å². The molecule has 1 N–H and O–H groups in total. The maximum atomic E-state index is 4.88. The molecule has 0 radical (unpaired) electrons. The van der Waals surface area contributed by atoms with Gasteiger partial charge in [-0.15, -0.1) is 0 Å². The van der Waals surface area contributed by atoms with Crippen molar-refractivity contribution in [1.29, 1.82) is 0 Å². The molecule has 2 aromatic carbocycles. The Labute approximate surface area is 197 Å². The number of hydrogen-bond donors (Lipinski definition) is 1. The second kappa shape index (κ2) is 8.41. The van der Waals surface area contributed by atoms with Gasteiger partial charge in [0.2, 0.25) is 0 Å². The average Bonchev–Trinajstić information content (AvgIpc) is 3.28. The van der Waals surface area contributed by atoms with Gasteiger partial charge in [-0.2, -0.15) is 0 Å². The Balaban J connectivity index is 1.46. The SMILES string of the molecule is Cn1ccc2cc(-c3ccc4nc(-c5cccnc5)nc(NCc5ccccn5)c4c3)ccc21. The van der Waals surface area contributed by atoms with Crippen LogP contribution in [0, 0.1) is 0 Å². The molecule has 4 aromatic heterocycles. The fourth-order valence-electron chi connectivity index (χ4n) is 4.21. The van der Waals surface area contributed by atoms with Gasteiger partial charge < -0.3 is 9.88 Å². The number of nitrogens with one attached hydrogen (secondary N) is 1. The predicted octanol–water partition coefficient (Wildman–Crippen LogP) is 5.86. The third-order valence-electron chi connectivity index (χ3n) is 6.00. The number of benzene rings is 2. The first-order valence-electron chi connectivity index (χ1n) is 11.2. The molecule has 0 aliphatic heterocycles. The van der Waals surface area contributed by atoms with Gasteiger partial charge in [-0.05, 0) is 65.7 Å². The maximum absolute atomic E-state index is 4.88. The van der Waals surface area contributed by atoms with Crippen LogP contribution in [0.3, 0.4) is 0 Å². The summed E-state index contributed by atoms with van der Waals surface area (Å²) in [6.45, 7) is 0.569. The van der Waals surface area contributed by atoms with Crippen molar-refractivity contribution in [3.63, 3.8) is 0 Å². The highest BCUT2D eigenvalue weighted by Gasteiger charge is 2.12. The van der Waals surface area contributed by atoms with Gasteiger partial charge in [0.25, 0.3) is 0 Å². The minimum absolute atomic E-state index is 0.569.